The molecule has 0 radical (unpaired) electrons. The Morgan fingerprint density at radius 3 is 2.81 bits per heavy atom. The zero-order valence-electron chi connectivity index (χ0n) is 8.79. The first-order chi connectivity index (χ1) is 7.63. The molecule has 0 aromatic heterocycles. The van der Waals surface area contributed by atoms with Crippen molar-refractivity contribution in [1.82, 2.24) is 0 Å². The van der Waals surface area contributed by atoms with Gasteiger partial charge in [-0.25, -0.2) is 4.79 Å². The number of fused-ring (bicyclic) bond motifs is 1. The summed E-state index contributed by atoms with van der Waals surface area (Å²) < 4.78 is 5.80. The number of carboxylic acids is 1. The number of ether oxygens (including phenoxy) is 1. The Morgan fingerprint density at radius 1 is 1.44 bits per heavy atom. The lowest BCUT2D eigenvalue weighted by molar-refractivity contribution is -0.132. The van der Waals surface area contributed by atoms with E-state index in [0.29, 0.717) is 16.5 Å². The summed E-state index contributed by atoms with van der Waals surface area (Å²) in [5, 5.41) is 9.04. The van der Waals surface area contributed by atoms with Crippen molar-refractivity contribution >= 4 is 26.4 Å². The van der Waals surface area contributed by atoms with Crippen molar-refractivity contribution in [3.05, 3.63) is 34.9 Å². The van der Waals surface area contributed by atoms with Crippen molar-refractivity contribution in [2.45, 2.75) is 12.8 Å². The number of carboxylic acid groups (broad SMARTS) is 1. The van der Waals surface area contributed by atoms with E-state index in [1.165, 1.54) is 0 Å². The summed E-state index contributed by atoms with van der Waals surface area (Å²) in [4.78, 5) is 11.0. The van der Waals surface area contributed by atoms with Gasteiger partial charge < -0.3 is 9.84 Å². The molecule has 84 valence electrons. The highest BCUT2D eigenvalue weighted by Crippen LogP contribution is 2.37. The standard InChI is InChI=1S/C12H11BrO3/c1-16-8-4-2-7-3-5-9(12(14)15)11(13)10(7)6-8/h2,4,6H,3,5H2,1H3,(H,14,15). The van der Waals surface area contributed by atoms with Crippen molar-refractivity contribution in [3.8, 4) is 5.75 Å². The monoisotopic (exact) mass is 282 g/mol. The normalized spacial score (nSPS) is 14.6. The van der Waals surface area contributed by atoms with Gasteiger partial charge in [0.05, 0.1) is 12.7 Å². The van der Waals surface area contributed by atoms with Gasteiger partial charge in [0, 0.05) is 4.48 Å². The van der Waals surface area contributed by atoms with Crippen LogP contribution in [0.15, 0.2) is 23.8 Å². The number of aryl methyl sites for hydroxylation is 1. The molecule has 0 amide bonds. The topological polar surface area (TPSA) is 46.5 Å². The van der Waals surface area contributed by atoms with Crippen LogP contribution in [-0.4, -0.2) is 18.2 Å². The number of aliphatic carboxylic acids is 1. The summed E-state index contributed by atoms with van der Waals surface area (Å²) >= 11 is 3.36. The van der Waals surface area contributed by atoms with E-state index in [1.54, 1.807) is 7.11 Å². The van der Waals surface area contributed by atoms with Crippen LogP contribution < -0.4 is 4.74 Å². The third-order valence-electron chi connectivity index (χ3n) is 2.72. The fourth-order valence-electron chi connectivity index (χ4n) is 1.84. The molecule has 1 aromatic carbocycles. The number of hydrogen-bond acceptors (Lipinski definition) is 2. The minimum Gasteiger partial charge on any atom is -0.497 e. The molecule has 0 aliphatic heterocycles. The van der Waals surface area contributed by atoms with Crippen LogP contribution in [0.5, 0.6) is 5.75 Å². The van der Waals surface area contributed by atoms with Gasteiger partial charge in [-0.1, -0.05) is 6.07 Å². The molecule has 4 heteroatoms. The van der Waals surface area contributed by atoms with E-state index in [-0.39, 0.29) is 0 Å². The van der Waals surface area contributed by atoms with Crippen molar-refractivity contribution in [2.75, 3.05) is 7.11 Å². The first-order valence-corrected chi connectivity index (χ1v) is 5.72. The average Bonchev–Trinajstić information content (AvgIpc) is 2.28. The Morgan fingerprint density at radius 2 is 2.19 bits per heavy atom. The third-order valence-corrected chi connectivity index (χ3v) is 3.63. The highest BCUT2D eigenvalue weighted by Gasteiger charge is 2.21. The maximum atomic E-state index is 11.0. The molecule has 1 aliphatic rings. The van der Waals surface area contributed by atoms with Gasteiger partial charge in [0.2, 0.25) is 0 Å². The first kappa shape index (κ1) is 11.2. The van der Waals surface area contributed by atoms with Crippen LogP contribution in [0.1, 0.15) is 17.5 Å². The molecule has 1 aromatic rings. The molecular weight excluding hydrogens is 272 g/mol. The predicted octanol–water partition coefficient (Wildman–Crippen LogP) is 2.83. The summed E-state index contributed by atoms with van der Waals surface area (Å²) in [6, 6.07) is 5.74. The zero-order chi connectivity index (χ0) is 11.7. The quantitative estimate of drug-likeness (QED) is 0.907. The second-order valence-electron chi connectivity index (χ2n) is 3.62. The Balaban J connectivity index is 2.55. The molecule has 1 aliphatic carbocycles. The lowest BCUT2D eigenvalue weighted by atomic mass is 9.92. The lowest BCUT2D eigenvalue weighted by Gasteiger charge is -2.18. The first-order valence-electron chi connectivity index (χ1n) is 4.92. The molecule has 16 heavy (non-hydrogen) atoms. The molecule has 1 N–H and O–H groups in total. The van der Waals surface area contributed by atoms with Gasteiger partial charge in [0.25, 0.3) is 0 Å². The van der Waals surface area contributed by atoms with Crippen LogP contribution in [0.3, 0.4) is 0 Å². The van der Waals surface area contributed by atoms with Crippen molar-refractivity contribution in [3.63, 3.8) is 0 Å². The molecule has 0 heterocycles. The molecular formula is C12H11BrO3. The second-order valence-corrected chi connectivity index (χ2v) is 4.41. The number of benzene rings is 1. The van der Waals surface area contributed by atoms with Crippen LogP contribution >= 0.6 is 15.9 Å². The number of hydrogen-bond donors (Lipinski definition) is 1. The maximum absolute atomic E-state index is 11.0. The summed E-state index contributed by atoms with van der Waals surface area (Å²) in [6.45, 7) is 0. The summed E-state index contributed by atoms with van der Waals surface area (Å²) in [5.41, 5.74) is 2.50. The maximum Gasteiger partial charge on any atom is 0.332 e. The molecule has 0 unspecified atom stereocenters. The molecule has 0 atom stereocenters. The van der Waals surface area contributed by atoms with Gasteiger partial charge in [-0.3, -0.25) is 0 Å². The number of halogens is 1. The van der Waals surface area contributed by atoms with E-state index in [0.717, 1.165) is 23.3 Å². The Bertz CT molecular complexity index is 477. The lowest BCUT2D eigenvalue weighted by Crippen LogP contribution is -2.09. The van der Waals surface area contributed by atoms with Gasteiger partial charge in [0.15, 0.2) is 0 Å². The number of methoxy groups -OCH3 is 1. The Labute approximate surface area is 102 Å². The minimum absolute atomic E-state index is 0.431. The number of rotatable bonds is 2. The fourth-order valence-corrected chi connectivity index (χ4v) is 2.57. The van der Waals surface area contributed by atoms with Crippen LogP contribution in [0, 0.1) is 0 Å². The predicted molar refractivity (Wildman–Crippen MR) is 64.8 cm³/mol. The molecule has 0 saturated heterocycles. The van der Waals surface area contributed by atoms with E-state index in [1.807, 2.05) is 18.2 Å². The van der Waals surface area contributed by atoms with Crippen LogP contribution in [0.2, 0.25) is 0 Å². The van der Waals surface area contributed by atoms with Gasteiger partial charge in [-0.2, -0.15) is 0 Å². The van der Waals surface area contributed by atoms with Gasteiger partial charge >= 0.3 is 5.97 Å². The summed E-state index contributed by atoms with van der Waals surface area (Å²) in [6.07, 6.45) is 1.32. The Hall–Kier alpha value is -1.29. The van der Waals surface area contributed by atoms with Gasteiger partial charge in [0.1, 0.15) is 5.75 Å². The summed E-state index contributed by atoms with van der Waals surface area (Å²) in [7, 11) is 1.60. The van der Waals surface area contributed by atoms with Crippen molar-refractivity contribution < 1.29 is 14.6 Å². The third kappa shape index (κ3) is 1.85. The second kappa shape index (κ2) is 4.29. The highest BCUT2D eigenvalue weighted by atomic mass is 79.9. The van der Waals surface area contributed by atoms with Gasteiger partial charge in [-0.05, 0) is 52.0 Å². The zero-order valence-corrected chi connectivity index (χ0v) is 10.4. The molecule has 0 spiro atoms. The van der Waals surface area contributed by atoms with Gasteiger partial charge in [-0.15, -0.1) is 0 Å². The molecule has 0 bridgehead atoms. The summed E-state index contributed by atoms with van der Waals surface area (Å²) in [5.74, 6) is -0.123. The van der Waals surface area contributed by atoms with Crippen molar-refractivity contribution in [1.29, 1.82) is 0 Å². The van der Waals surface area contributed by atoms with E-state index >= 15 is 0 Å². The molecule has 0 fully saturated rings. The average molecular weight is 283 g/mol. The highest BCUT2D eigenvalue weighted by molar-refractivity contribution is 9.15. The van der Waals surface area contributed by atoms with Crippen LogP contribution in [0.25, 0.3) is 4.48 Å². The van der Waals surface area contributed by atoms with Crippen LogP contribution in [0.4, 0.5) is 0 Å². The van der Waals surface area contributed by atoms with E-state index in [2.05, 4.69) is 15.9 Å². The number of carbonyl (C=O) groups is 1. The van der Waals surface area contributed by atoms with E-state index in [9.17, 15) is 4.79 Å². The Kier molecular flexibility index (Phi) is 3.01. The molecule has 3 nitrogen and oxygen atoms in total. The molecule has 0 saturated carbocycles. The van der Waals surface area contributed by atoms with E-state index in [4.69, 9.17) is 9.84 Å². The van der Waals surface area contributed by atoms with Crippen molar-refractivity contribution in [2.24, 2.45) is 0 Å². The van der Waals surface area contributed by atoms with Crippen LogP contribution in [-0.2, 0) is 11.2 Å². The molecule has 2 rings (SSSR count). The van der Waals surface area contributed by atoms with E-state index < -0.39 is 5.97 Å². The fraction of sp³-hybridized carbons (Fsp3) is 0.250. The smallest absolute Gasteiger partial charge is 0.332 e. The minimum atomic E-state index is -0.861. The largest absolute Gasteiger partial charge is 0.497 e. The SMILES string of the molecule is COc1ccc2c(c1)C(Br)=C(C(=O)O)CC2.